The molecule has 1 heterocycles. The van der Waals surface area contributed by atoms with E-state index >= 15 is 0 Å². The standard InChI is InChI=1S/C22H28O6/c1-4-15-5-7-16(8-6-15)28-20-12-26-19-11-17(9-10-18(19)22(20)24)25-13-21(23)27-14(2)3/h5-8,12,14,17-19H,4,9-11,13H2,1-3H3. The highest BCUT2D eigenvalue weighted by atomic mass is 16.6. The number of aryl methyl sites for hydroxylation is 1. The van der Waals surface area contributed by atoms with Crippen molar-refractivity contribution in [3.05, 3.63) is 41.9 Å². The van der Waals surface area contributed by atoms with Crippen molar-refractivity contribution in [3.63, 3.8) is 0 Å². The average Bonchev–Trinajstić information content (AvgIpc) is 2.68. The minimum atomic E-state index is -0.373. The molecule has 6 heteroatoms. The summed E-state index contributed by atoms with van der Waals surface area (Å²) in [5, 5.41) is 0. The number of benzene rings is 1. The van der Waals surface area contributed by atoms with E-state index in [4.69, 9.17) is 18.9 Å². The van der Waals surface area contributed by atoms with Gasteiger partial charge in [0.1, 0.15) is 24.7 Å². The number of hydrogen-bond donors (Lipinski definition) is 0. The van der Waals surface area contributed by atoms with Crippen LogP contribution < -0.4 is 4.74 Å². The third kappa shape index (κ3) is 5.13. The maximum absolute atomic E-state index is 12.8. The number of Topliss-reactive ketones (excluding diaryl/α,β-unsaturated/α-hetero) is 1. The molecule has 2 aliphatic rings. The van der Waals surface area contributed by atoms with Gasteiger partial charge >= 0.3 is 5.97 Å². The normalized spacial score (nSPS) is 24.2. The molecule has 0 amide bonds. The minimum absolute atomic E-state index is 0.0338. The molecule has 0 spiro atoms. The molecule has 28 heavy (non-hydrogen) atoms. The Morgan fingerprint density at radius 1 is 1.21 bits per heavy atom. The predicted octanol–water partition coefficient (Wildman–Crippen LogP) is 3.57. The zero-order valence-corrected chi connectivity index (χ0v) is 16.7. The molecule has 6 nitrogen and oxygen atoms in total. The number of esters is 1. The molecular formula is C22H28O6. The summed E-state index contributed by atoms with van der Waals surface area (Å²) < 4.78 is 22.3. The molecule has 3 atom stereocenters. The van der Waals surface area contributed by atoms with Gasteiger partial charge in [0.05, 0.1) is 18.1 Å². The van der Waals surface area contributed by atoms with Crippen LogP contribution in [-0.4, -0.2) is 36.7 Å². The number of allylic oxidation sites excluding steroid dienone is 1. The van der Waals surface area contributed by atoms with Gasteiger partial charge in [-0.05, 0) is 50.8 Å². The van der Waals surface area contributed by atoms with Crippen molar-refractivity contribution in [2.75, 3.05) is 6.61 Å². The fraction of sp³-hybridized carbons (Fsp3) is 0.545. The van der Waals surface area contributed by atoms with Gasteiger partial charge in [-0.15, -0.1) is 0 Å². The lowest BCUT2D eigenvalue weighted by Crippen LogP contribution is -2.43. The first-order valence-corrected chi connectivity index (χ1v) is 9.94. The van der Waals surface area contributed by atoms with Gasteiger partial charge in [0.2, 0.25) is 11.5 Å². The highest BCUT2D eigenvalue weighted by molar-refractivity contribution is 5.96. The molecule has 0 bridgehead atoms. The first-order chi connectivity index (χ1) is 13.5. The topological polar surface area (TPSA) is 71.1 Å². The van der Waals surface area contributed by atoms with E-state index in [9.17, 15) is 9.59 Å². The molecule has 3 unspecified atom stereocenters. The van der Waals surface area contributed by atoms with Crippen molar-refractivity contribution in [3.8, 4) is 5.75 Å². The third-order valence-corrected chi connectivity index (χ3v) is 5.04. The first-order valence-electron chi connectivity index (χ1n) is 9.94. The Kier molecular flexibility index (Phi) is 6.73. The van der Waals surface area contributed by atoms with Crippen molar-refractivity contribution in [1.82, 2.24) is 0 Å². The van der Waals surface area contributed by atoms with E-state index in [1.807, 2.05) is 24.3 Å². The van der Waals surface area contributed by atoms with E-state index in [-0.39, 0.29) is 48.3 Å². The van der Waals surface area contributed by atoms with E-state index in [2.05, 4.69) is 6.92 Å². The van der Waals surface area contributed by atoms with Gasteiger partial charge in [0, 0.05) is 6.42 Å². The number of ether oxygens (including phenoxy) is 4. The van der Waals surface area contributed by atoms with Crippen LogP contribution >= 0.6 is 0 Å². The van der Waals surface area contributed by atoms with E-state index in [1.54, 1.807) is 13.8 Å². The lowest BCUT2D eigenvalue weighted by Gasteiger charge is -2.37. The molecule has 152 valence electrons. The fourth-order valence-corrected chi connectivity index (χ4v) is 3.56. The number of hydrogen-bond acceptors (Lipinski definition) is 6. The lowest BCUT2D eigenvalue weighted by atomic mass is 9.80. The summed E-state index contributed by atoms with van der Waals surface area (Å²) in [5.74, 6) is 0.221. The molecule has 1 aromatic carbocycles. The second-order valence-corrected chi connectivity index (χ2v) is 7.51. The average molecular weight is 388 g/mol. The Labute approximate surface area is 165 Å². The summed E-state index contributed by atoms with van der Waals surface area (Å²) in [5.41, 5.74) is 1.21. The third-order valence-electron chi connectivity index (χ3n) is 5.04. The molecule has 1 fully saturated rings. The summed E-state index contributed by atoms with van der Waals surface area (Å²) >= 11 is 0. The molecule has 1 aliphatic heterocycles. The van der Waals surface area contributed by atoms with Crippen LogP contribution in [0.2, 0.25) is 0 Å². The highest BCUT2D eigenvalue weighted by Crippen LogP contribution is 2.35. The quantitative estimate of drug-likeness (QED) is 0.665. The largest absolute Gasteiger partial charge is 0.493 e. The predicted molar refractivity (Wildman–Crippen MR) is 103 cm³/mol. The minimum Gasteiger partial charge on any atom is -0.493 e. The molecular weight excluding hydrogens is 360 g/mol. The van der Waals surface area contributed by atoms with Crippen LogP contribution in [0, 0.1) is 5.92 Å². The van der Waals surface area contributed by atoms with Gasteiger partial charge in [-0.1, -0.05) is 19.1 Å². The lowest BCUT2D eigenvalue weighted by molar-refractivity contribution is -0.158. The monoisotopic (exact) mass is 388 g/mol. The van der Waals surface area contributed by atoms with E-state index in [1.165, 1.54) is 11.8 Å². The van der Waals surface area contributed by atoms with Crippen molar-refractivity contribution in [2.24, 2.45) is 5.92 Å². The molecule has 3 rings (SSSR count). The van der Waals surface area contributed by atoms with Crippen molar-refractivity contribution in [2.45, 2.75) is 64.8 Å². The van der Waals surface area contributed by atoms with Crippen LogP contribution in [0.4, 0.5) is 0 Å². The van der Waals surface area contributed by atoms with E-state index < -0.39 is 0 Å². The van der Waals surface area contributed by atoms with Crippen LogP contribution in [0.15, 0.2) is 36.3 Å². The van der Waals surface area contributed by atoms with E-state index in [0.717, 1.165) is 6.42 Å². The van der Waals surface area contributed by atoms with Gasteiger partial charge in [-0.3, -0.25) is 4.79 Å². The summed E-state index contributed by atoms with van der Waals surface area (Å²) in [4.78, 5) is 24.4. The number of rotatable bonds is 7. The number of carbonyl (C=O) groups is 2. The molecule has 0 saturated heterocycles. The number of carbonyl (C=O) groups excluding carboxylic acids is 2. The molecule has 1 aromatic rings. The second kappa shape index (κ2) is 9.24. The Morgan fingerprint density at radius 3 is 2.64 bits per heavy atom. The zero-order chi connectivity index (χ0) is 20.1. The van der Waals surface area contributed by atoms with Crippen LogP contribution in [-0.2, 0) is 30.2 Å². The summed E-state index contributed by atoms with van der Waals surface area (Å²) in [6, 6.07) is 7.69. The van der Waals surface area contributed by atoms with Crippen LogP contribution in [0.25, 0.3) is 0 Å². The summed E-state index contributed by atoms with van der Waals surface area (Å²) in [7, 11) is 0. The van der Waals surface area contributed by atoms with Gasteiger partial charge in [-0.25, -0.2) is 4.79 Å². The van der Waals surface area contributed by atoms with Gasteiger partial charge in [-0.2, -0.15) is 0 Å². The summed E-state index contributed by atoms with van der Waals surface area (Å²) in [6.07, 6.45) is 3.74. The highest BCUT2D eigenvalue weighted by Gasteiger charge is 2.41. The van der Waals surface area contributed by atoms with Crippen molar-refractivity contribution in [1.29, 1.82) is 0 Å². The second-order valence-electron chi connectivity index (χ2n) is 7.51. The molecule has 1 saturated carbocycles. The molecule has 0 radical (unpaired) electrons. The van der Waals surface area contributed by atoms with Gasteiger partial charge < -0.3 is 18.9 Å². The Morgan fingerprint density at radius 2 is 1.96 bits per heavy atom. The van der Waals surface area contributed by atoms with Gasteiger partial charge in [0.25, 0.3) is 0 Å². The van der Waals surface area contributed by atoms with Crippen molar-refractivity contribution >= 4 is 11.8 Å². The Bertz CT molecular complexity index is 721. The van der Waals surface area contributed by atoms with Gasteiger partial charge in [0.15, 0.2) is 0 Å². The number of fused-ring (bicyclic) bond motifs is 1. The Balaban J connectivity index is 1.54. The fourth-order valence-electron chi connectivity index (χ4n) is 3.56. The van der Waals surface area contributed by atoms with Crippen LogP contribution in [0.5, 0.6) is 5.75 Å². The number of ketones is 1. The molecule has 1 aliphatic carbocycles. The maximum Gasteiger partial charge on any atom is 0.332 e. The summed E-state index contributed by atoms with van der Waals surface area (Å²) in [6.45, 7) is 5.61. The molecule has 0 aromatic heterocycles. The van der Waals surface area contributed by atoms with Crippen molar-refractivity contribution < 1.29 is 28.5 Å². The molecule has 0 N–H and O–H groups in total. The smallest absolute Gasteiger partial charge is 0.332 e. The Hall–Kier alpha value is -2.34. The van der Waals surface area contributed by atoms with Crippen LogP contribution in [0.3, 0.4) is 0 Å². The first kappa shape index (κ1) is 20.4. The zero-order valence-electron chi connectivity index (χ0n) is 16.7. The SMILES string of the molecule is CCc1ccc(OC2=COC3CC(OCC(=O)OC(C)C)CCC3C2=O)cc1. The van der Waals surface area contributed by atoms with Crippen LogP contribution in [0.1, 0.15) is 45.6 Å². The van der Waals surface area contributed by atoms with E-state index in [0.29, 0.717) is 25.0 Å². The maximum atomic E-state index is 12.8.